The van der Waals surface area contributed by atoms with Gasteiger partial charge < -0.3 is 15.1 Å². The Labute approximate surface area is 120 Å². The van der Waals surface area contributed by atoms with Crippen LogP contribution in [0.5, 0.6) is 0 Å². The Hall–Kier alpha value is -1.39. The Morgan fingerprint density at radius 1 is 1.30 bits per heavy atom. The number of fused-ring (bicyclic) bond motifs is 1. The van der Waals surface area contributed by atoms with Crippen molar-refractivity contribution in [2.45, 2.75) is 19.3 Å². The van der Waals surface area contributed by atoms with E-state index >= 15 is 0 Å². The first kappa shape index (κ1) is 13.6. The lowest BCUT2D eigenvalue weighted by atomic mass is 9.97. The first-order chi connectivity index (χ1) is 9.65. The maximum atomic E-state index is 11.7. The van der Waals surface area contributed by atoms with Crippen LogP contribution in [0.2, 0.25) is 0 Å². The quantitative estimate of drug-likeness (QED) is 0.899. The van der Waals surface area contributed by atoms with E-state index in [9.17, 15) is 4.79 Å². The maximum absolute atomic E-state index is 11.7. The van der Waals surface area contributed by atoms with E-state index in [0.29, 0.717) is 12.3 Å². The standard InChI is InChI=1S/C16H23N3O/c1-12(11-19-7-5-17-6-8-19)13-3-4-15-14(9-13)10-16(20)18(15)2/h3-4,9,12,17H,5-8,10-11H2,1-2H3. The highest BCUT2D eigenvalue weighted by atomic mass is 16.2. The second-order valence-electron chi connectivity index (χ2n) is 5.97. The number of benzene rings is 1. The van der Waals surface area contributed by atoms with Gasteiger partial charge in [0, 0.05) is 45.5 Å². The monoisotopic (exact) mass is 273 g/mol. The van der Waals surface area contributed by atoms with E-state index in [1.54, 1.807) is 4.90 Å². The van der Waals surface area contributed by atoms with Gasteiger partial charge in [-0.05, 0) is 23.1 Å². The Bertz CT molecular complexity index is 508. The highest BCUT2D eigenvalue weighted by Crippen LogP contribution is 2.30. The summed E-state index contributed by atoms with van der Waals surface area (Å²) in [5.74, 6) is 0.714. The average Bonchev–Trinajstić information content (AvgIpc) is 2.74. The van der Waals surface area contributed by atoms with Gasteiger partial charge in [-0.15, -0.1) is 0 Å². The minimum absolute atomic E-state index is 0.201. The summed E-state index contributed by atoms with van der Waals surface area (Å²) in [6, 6.07) is 6.51. The van der Waals surface area contributed by atoms with Crippen molar-refractivity contribution in [1.82, 2.24) is 10.2 Å². The summed E-state index contributed by atoms with van der Waals surface area (Å²) in [7, 11) is 1.86. The zero-order valence-electron chi connectivity index (χ0n) is 12.4. The van der Waals surface area contributed by atoms with Gasteiger partial charge in [0.25, 0.3) is 0 Å². The summed E-state index contributed by atoms with van der Waals surface area (Å²) >= 11 is 0. The van der Waals surface area contributed by atoms with E-state index in [1.807, 2.05) is 7.05 Å². The van der Waals surface area contributed by atoms with Crippen LogP contribution in [0.1, 0.15) is 24.0 Å². The molecule has 1 unspecified atom stereocenters. The molecule has 1 atom stereocenters. The van der Waals surface area contributed by atoms with Crippen molar-refractivity contribution in [3.8, 4) is 0 Å². The number of carbonyl (C=O) groups excluding carboxylic acids is 1. The number of nitrogens with zero attached hydrogens (tertiary/aromatic N) is 2. The lowest BCUT2D eigenvalue weighted by molar-refractivity contribution is -0.117. The summed E-state index contributed by atoms with van der Waals surface area (Å²) in [5.41, 5.74) is 3.61. The van der Waals surface area contributed by atoms with Crippen LogP contribution in [0.25, 0.3) is 0 Å². The molecule has 2 aliphatic rings. The zero-order chi connectivity index (χ0) is 14.1. The predicted octanol–water partition coefficient (Wildman–Crippen LogP) is 1.21. The fourth-order valence-corrected chi connectivity index (χ4v) is 3.18. The number of rotatable bonds is 3. The summed E-state index contributed by atoms with van der Waals surface area (Å²) in [4.78, 5) is 16.0. The van der Waals surface area contributed by atoms with E-state index in [0.717, 1.165) is 38.4 Å². The molecule has 0 aromatic heterocycles. The fraction of sp³-hybridized carbons (Fsp3) is 0.562. The van der Waals surface area contributed by atoms with E-state index in [1.165, 1.54) is 11.1 Å². The van der Waals surface area contributed by atoms with E-state index < -0.39 is 0 Å². The first-order valence-electron chi connectivity index (χ1n) is 7.47. The third kappa shape index (κ3) is 2.58. The number of piperazine rings is 1. The zero-order valence-corrected chi connectivity index (χ0v) is 12.4. The Kier molecular flexibility index (Phi) is 3.76. The molecular weight excluding hydrogens is 250 g/mol. The van der Waals surface area contributed by atoms with Crippen molar-refractivity contribution in [1.29, 1.82) is 0 Å². The van der Waals surface area contributed by atoms with Crippen LogP contribution in [0.4, 0.5) is 5.69 Å². The number of likely N-dealkylation sites (N-methyl/N-ethyl adjacent to an activating group) is 1. The van der Waals surface area contributed by atoms with Crippen molar-refractivity contribution < 1.29 is 4.79 Å². The molecule has 1 aromatic carbocycles. The summed E-state index contributed by atoms with van der Waals surface area (Å²) in [6.45, 7) is 7.84. The summed E-state index contributed by atoms with van der Waals surface area (Å²) in [6.07, 6.45) is 0.556. The SMILES string of the molecule is CC(CN1CCNCC1)c1ccc2c(c1)CC(=O)N2C. The summed E-state index contributed by atoms with van der Waals surface area (Å²) < 4.78 is 0. The van der Waals surface area contributed by atoms with Crippen molar-refractivity contribution in [3.05, 3.63) is 29.3 Å². The predicted molar refractivity (Wildman–Crippen MR) is 81.3 cm³/mol. The molecule has 1 aromatic rings. The van der Waals surface area contributed by atoms with Crippen LogP contribution in [-0.2, 0) is 11.2 Å². The molecular formula is C16H23N3O. The second-order valence-corrected chi connectivity index (χ2v) is 5.97. The number of anilines is 1. The molecule has 1 fully saturated rings. The minimum Gasteiger partial charge on any atom is -0.315 e. The van der Waals surface area contributed by atoms with Crippen LogP contribution in [0, 0.1) is 0 Å². The van der Waals surface area contributed by atoms with E-state index in [-0.39, 0.29) is 5.91 Å². The normalized spacial score (nSPS) is 21.1. The molecule has 4 nitrogen and oxygen atoms in total. The minimum atomic E-state index is 0.201. The molecule has 0 spiro atoms. The van der Waals surface area contributed by atoms with Gasteiger partial charge in [-0.1, -0.05) is 19.1 Å². The van der Waals surface area contributed by atoms with Crippen molar-refractivity contribution in [2.75, 3.05) is 44.7 Å². The Morgan fingerprint density at radius 3 is 2.80 bits per heavy atom. The van der Waals surface area contributed by atoms with Crippen LogP contribution in [0.3, 0.4) is 0 Å². The van der Waals surface area contributed by atoms with E-state index in [4.69, 9.17) is 0 Å². The number of hydrogen-bond acceptors (Lipinski definition) is 3. The molecule has 2 aliphatic heterocycles. The van der Waals surface area contributed by atoms with Gasteiger partial charge in [-0.25, -0.2) is 0 Å². The maximum Gasteiger partial charge on any atom is 0.231 e. The van der Waals surface area contributed by atoms with Crippen molar-refractivity contribution in [3.63, 3.8) is 0 Å². The molecule has 0 radical (unpaired) electrons. The van der Waals surface area contributed by atoms with Gasteiger partial charge in [0.05, 0.1) is 6.42 Å². The number of nitrogens with one attached hydrogen (secondary N) is 1. The van der Waals surface area contributed by atoms with Gasteiger partial charge in [0.2, 0.25) is 5.91 Å². The highest BCUT2D eigenvalue weighted by Gasteiger charge is 2.24. The highest BCUT2D eigenvalue weighted by molar-refractivity contribution is 6.00. The lowest BCUT2D eigenvalue weighted by Gasteiger charge is -2.30. The molecule has 1 saturated heterocycles. The molecule has 0 saturated carbocycles. The van der Waals surface area contributed by atoms with Gasteiger partial charge in [0.15, 0.2) is 0 Å². The number of amides is 1. The van der Waals surface area contributed by atoms with Gasteiger partial charge in [-0.3, -0.25) is 4.79 Å². The van der Waals surface area contributed by atoms with E-state index in [2.05, 4.69) is 35.3 Å². The third-order valence-electron chi connectivity index (χ3n) is 4.49. The molecule has 2 heterocycles. The Balaban J connectivity index is 1.71. The van der Waals surface area contributed by atoms with Gasteiger partial charge >= 0.3 is 0 Å². The van der Waals surface area contributed by atoms with Gasteiger partial charge in [0.1, 0.15) is 0 Å². The first-order valence-corrected chi connectivity index (χ1v) is 7.47. The van der Waals surface area contributed by atoms with Crippen molar-refractivity contribution in [2.24, 2.45) is 0 Å². The summed E-state index contributed by atoms with van der Waals surface area (Å²) in [5, 5.41) is 3.39. The topological polar surface area (TPSA) is 35.6 Å². The fourth-order valence-electron chi connectivity index (χ4n) is 3.18. The van der Waals surface area contributed by atoms with Crippen LogP contribution >= 0.6 is 0 Å². The molecule has 1 amide bonds. The Morgan fingerprint density at radius 2 is 2.05 bits per heavy atom. The molecule has 1 N–H and O–H groups in total. The molecule has 0 bridgehead atoms. The van der Waals surface area contributed by atoms with Crippen LogP contribution in [-0.4, -0.2) is 50.6 Å². The van der Waals surface area contributed by atoms with Crippen LogP contribution < -0.4 is 10.2 Å². The molecule has 20 heavy (non-hydrogen) atoms. The number of hydrogen-bond donors (Lipinski definition) is 1. The van der Waals surface area contributed by atoms with Gasteiger partial charge in [-0.2, -0.15) is 0 Å². The molecule has 4 heteroatoms. The average molecular weight is 273 g/mol. The molecule has 3 rings (SSSR count). The largest absolute Gasteiger partial charge is 0.315 e. The van der Waals surface area contributed by atoms with Crippen LogP contribution in [0.15, 0.2) is 18.2 Å². The van der Waals surface area contributed by atoms with Crippen molar-refractivity contribution >= 4 is 11.6 Å². The second kappa shape index (κ2) is 5.54. The third-order valence-corrected chi connectivity index (χ3v) is 4.49. The number of carbonyl (C=O) groups is 1. The smallest absolute Gasteiger partial charge is 0.231 e. The molecule has 0 aliphatic carbocycles. The molecule has 108 valence electrons. The lowest BCUT2D eigenvalue weighted by Crippen LogP contribution is -2.44.